The van der Waals surface area contributed by atoms with Crippen molar-refractivity contribution in [3.8, 4) is 0 Å². The Hall–Kier alpha value is -3.80. The Morgan fingerprint density at radius 3 is 2.53 bits per heavy atom. The van der Waals surface area contributed by atoms with Crippen molar-refractivity contribution in [3.05, 3.63) is 77.9 Å². The highest BCUT2D eigenvalue weighted by Gasteiger charge is 2.32. The summed E-state index contributed by atoms with van der Waals surface area (Å²) in [5.41, 5.74) is 10.0. The largest absolute Gasteiger partial charge is 0.368 e. The maximum absolute atomic E-state index is 12.8. The fourth-order valence-corrected chi connectivity index (χ4v) is 4.52. The summed E-state index contributed by atoms with van der Waals surface area (Å²) in [5.74, 6) is -0.609. The van der Waals surface area contributed by atoms with Crippen LogP contribution in [0.15, 0.2) is 66.7 Å². The van der Waals surface area contributed by atoms with Crippen molar-refractivity contribution in [2.75, 3.05) is 11.4 Å². The summed E-state index contributed by atoms with van der Waals surface area (Å²) in [5, 5.41) is 5.34. The SMILES string of the molecule is CCn1c2ccccc2c2cc([C@H]3NC(=O)c4ccccc4N3CC(N)=O)ccc21. The summed E-state index contributed by atoms with van der Waals surface area (Å²) < 4.78 is 2.28. The average molecular weight is 398 g/mol. The number of primary amides is 1. The van der Waals surface area contributed by atoms with E-state index in [0.29, 0.717) is 11.3 Å². The number of carbonyl (C=O) groups is 2. The Labute approximate surface area is 173 Å². The van der Waals surface area contributed by atoms with Crippen LogP contribution in [0, 0.1) is 0 Å². The van der Waals surface area contributed by atoms with Gasteiger partial charge in [-0.1, -0.05) is 36.4 Å². The van der Waals surface area contributed by atoms with Crippen LogP contribution < -0.4 is 16.0 Å². The van der Waals surface area contributed by atoms with Gasteiger partial charge in [0.05, 0.1) is 17.8 Å². The highest BCUT2D eigenvalue weighted by Crippen LogP contribution is 2.36. The summed E-state index contributed by atoms with van der Waals surface area (Å²) >= 11 is 0. The second-order valence-corrected chi connectivity index (χ2v) is 7.53. The molecule has 1 atom stereocenters. The molecule has 6 heteroatoms. The smallest absolute Gasteiger partial charge is 0.255 e. The summed E-state index contributed by atoms with van der Waals surface area (Å²) in [4.78, 5) is 26.5. The molecular weight excluding hydrogens is 376 g/mol. The van der Waals surface area contributed by atoms with Gasteiger partial charge in [-0.05, 0) is 42.8 Å². The van der Waals surface area contributed by atoms with Crippen LogP contribution in [-0.4, -0.2) is 22.9 Å². The van der Waals surface area contributed by atoms with Crippen molar-refractivity contribution >= 4 is 39.3 Å². The summed E-state index contributed by atoms with van der Waals surface area (Å²) in [7, 11) is 0. The van der Waals surface area contributed by atoms with E-state index in [9.17, 15) is 9.59 Å². The fraction of sp³-hybridized carbons (Fsp3) is 0.167. The zero-order valence-corrected chi connectivity index (χ0v) is 16.6. The molecule has 1 aliphatic rings. The second kappa shape index (κ2) is 6.91. The van der Waals surface area contributed by atoms with Crippen LogP contribution in [0.2, 0.25) is 0 Å². The third kappa shape index (κ3) is 2.72. The lowest BCUT2D eigenvalue weighted by atomic mass is 10.0. The number of nitrogens with zero attached hydrogens (tertiary/aromatic N) is 2. The van der Waals surface area contributed by atoms with Gasteiger partial charge in [-0.3, -0.25) is 9.59 Å². The molecular formula is C24H22N4O2. The van der Waals surface area contributed by atoms with Crippen molar-refractivity contribution in [1.82, 2.24) is 9.88 Å². The van der Waals surface area contributed by atoms with E-state index < -0.39 is 12.1 Å². The Bertz CT molecular complexity index is 1310. The van der Waals surface area contributed by atoms with Gasteiger partial charge in [0.2, 0.25) is 5.91 Å². The summed E-state index contributed by atoms with van der Waals surface area (Å²) in [6, 6.07) is 21.8. The fourth-order valence-electron chi connectivity index (χ4n) is 4.52. The predicted octanol–water partition coefficient (Wildman–Crippen LogP) is 3.55. The first-order valence-electron chi connectivity index (χ1n) is 10.0. The van der Waals surface area contributed by atoms with Gasteiger partial charge in [0.25, 0.3) is 5.91 Å². The minimum atomic E-state index is -0.479. The molecule has 6 nitrogen and oxygen atoms in total. The van der Waals surface area contributed by atoms with Crippen molar-refractivity contribution < 1.29 is 9.59 Å². The molecule has 30 heavy (non-hydrogen) atoms. The molecule has 0 aliphatic carbocycles. The number of rotatable bonds is 4. The van der Waals surface area contributed by atoms with Gasteiger partial charge >= 0.3 is 0 Å². The summed E-state index contributed by atoms with van der Waals surface area (Å²) in [6.07, 6.45) is -0.479. The van der Waals surface area contributed by atoms with Gasteiger partial charge in [0.15, 0.2) is 0 Å². The number of amides is 2. The Morgan fingerprint density at radius 1 is 1.00 bits per heavy atom. The molecule has 0 unspecified atom stereocenters. The quantitative estimate of drug-likeness (QED) is 0.552. The lowest BCUT2D eigenvalue weighted by Crippen LogP contribution is -2.49. The first-order chi connectivity index (χ1) is 14.6. The molecule has 1 aromatic heterocycles. The molecule has 0 spiro atoms. The standard InChI is InChI=1S/C24H22N4O2/c1-2-27-19-9-5-3-7-16(19)18-13-15(11-12-21(18)27)23-26-24(30)17-8-4-6-10-20(17)28(23)14-22(25)29/h3-13,23H,2,14H2,1H3,(H2,25,29)(H,26,30)/t23-/m0/s1. The molecule has 0 saturated carbocycles. The van der Waals surface area contributed by atoms with Crippen molar-refractivity contribution in [1.29, 1.82) is 0 Å². The molecule has 2 heterocycles. The van der Waals surface area contributed by atoms with E-state index in [2.05, 4.69) is 41.1 Å². The van der Waals surface area contributed by atoms with E-state index in [1.165, 1.54) is 10.9 Å². The van der Waals surface area contributed by atoms with Crippen LogP contribution in [0.5, 0.6) is 0 Å². The lowest BCUT2D eigenvalue weighted by Gasteiger charge is -2.38. The molecule has 0 radical (unpaired) electrons. The highest BCUT2D eigenvalue weighted by atomic mass is 16.2. The molecule has 0 fully saturated rings. The van der Waals surface area contributed by atoms with Crippen molar-refractivity contribution in [3.63, 3.8) is 0 Å². The molecule has 3 N–H and O–H groups in total. The zero-order valence-electron chi connectivity index (χ0n) is 16.6. The average Bonchev–Trinajstić information content (AvgIpc) is 3.08. The number of carbonyl (C=O) groups excluding carboxylic acids is 2. The predicted molar refractivity (Wildman–Crippen MR) is 118 cm³/mol. The molecule has 2 amide bonds. The van der Waals surface area contributed by atoms with E-state index in [0.717, 1.165) is 23.0 Å². The molecule has 3 aromatic carbocycles. The van der Waals surface area contributed by atoms with Crippen LogP contribution in [0.1, 0.15) is 29.0 Å². The monoisotopic (exact) mass is 398 g/mol. The van der Waals surface area contributed by atoms with Crippen LogP contribution in [0.4, 0.5) is 5.69 Å². The van der Waals surface area contributed by atoms with Crippen LogP contribution in [0.3, 0.4) is 0 Å². The molecule has 5 rings (SSSR count). The van der Waals surface area contributed by atoms with Gasteiger partial charge in [0, 0.05) is 28.4 Å². The molecule has 0 bridgehead atoms. The van der Waals surface area contributed by atoms with Crippen molar-refractivity contribution in [2.45, 2.75) is 19.6 Å². The number of aromatic nitrogens is 1. The minimum absolute atomic E-state index is 0.0106. The van der Waals surface area contributed by atoms with Gasteiger partial charge < -0.3 is 20.5 Å². The number of nitrogens with one attached hydrogen (secondary N) is 1. The number of hydrogen-bond acceptors (Lipinski definition) is 3. The van der Waals surface area contributed by atoms with Crippen molar-refractivity contribution in [2.24, 2.45) is 5.73 Å². The van der Waals surface area contributed by atoms with Gasteiger partial charge in [-0.15, -0.1) is 0 Å². The van der Waals surface area contributed by atoms with E-state index in [1.807, 2.05) is 41.3 Å². The van der Waals surface area contributed by atoms with Crippen LogP contribution in [-0.2, 0) is 11.3 Å². The number of benzene rings is 3. The Kier molecular flexibility index (Phi) is 4.20. The first-order valence-corrected chi connectivity index (χ1v) is 10.0. The Morgan fingerprint density at radius 2 is 1.73 bits per heavy atom. The number of fused-ring (bicyclic) bond motifs is 4. The number of para-hydroxylation sites is 2. The molecule has 1 aliphatic heterocycles. The maximum Gasteiger partial charge on any atom is 0.255 e. The third-order valence-electron chi connectivity index (χ3n) is 5.79. The molecule has 4 aromatic rings. The van der Waals surface area contributed by atoms with Gasteiger partial charge in [-0.2, -0.15) is 0 Å². The second-order valence-electron chi connectivity index (χ2n) is 7.53. The molecule has 150 valence electrons. The number of anilines is 1. The van der Waals surface area contributed by atoms with E-state index in [-0.39, 0.29) is 12.5 Å². The zero-order chi connectivity index (χ0) is 20.8. The van der Waals surface area contributed by atoms with E-state index in [4.69, 9.17) is 5.73 Å². The lowest BCUT2D eigenvalue weighted by molar-refractivity contribution is -0.116. The maximum atomic E-state index is 12.8. The topological polar surface area (TPSA) is 80.4 Å². The number of nitrogens with two attached hydrogens (primary N) is 1. The van der Waals surface area contributed by atoms with E-state index >= 15 is 0 Å². The number of hydrogen-bond donors (Lipinski definition) is 2. The van der Waals surface area contributed by atoms with Crippen LogP contribution >= 0.6 is 0 Å². The Balaban J connectivity index is 1.69. The normalized spacial score (nSPS) is 16.0. The first kappa shape index (κ1) is 18.2. The highest BCUT2D eigenvalue weighted by molar-refractivity contribution is 6.08. The minimum Gasteiger partial charge on any atom is -0.368 e. The van der Waals surface area contributed by atoms with Gasteiger partial charge in [-0.25, -0.2) is 0 Å². The van der Waals surface area contributed by atoms with Gasteiger partial charge in [0.1, 0.15) is 6.17 Å². The summed E-state index contributed by atoms with van der Waals surface area (Å²) in [6.45, 7) is 3.01. The molecule has 0 saturated heterocycles. The van der Waals surface area contributed by atoms with Crippen LogP contribution in [0.25, 0.3) is 21.8 Å². The third-order valence-corrected chi connectivity index (χ3v) is 5.79. The van der Waals surface area contributed by atoms with E-state index in [1.54, 1.807) is 6.07 Å². The number of aryl methyl sites for hydroxylation is 1.